The molecule has 1 fully saturated rings. The first kappa shape index (κ1) is 17.8. The number of amides is 1. The lowest BCUT2D eigenvalue weighted by Crippen LogP contribution is -2.44. The molecule has 3 aromatic rings. The Bertz CT molecular complexity index is 876. The van der Waals surface area contributed by atoms with Gasteiger partial charge in [0.05, 0.1) is 6.20 Å². The summed E-state index contributed by atoms with van der Waals surface area (Å²) in [5.74, 6) is -0.108. The van der Waals surface area contributed by atoms with Gasteiger partial charge in [-0.2, -0.15) is 0 Å². The van der Waals surface area contributed by atoms with Crippen LogP contribution in [0.5, 0.6) is 0 Å². The van der Waals surface area contributed by atoms with Gasteiger partial charge >= 0.3 is 0 Å². The smallest absolute Gasteiger partial charge is 0.270 e. The van der Waals surface area contributed by atoms with Crippen molar-refractivity contribution in [2.75, 3.05) is 13.1 Å². The van der Waals surface area contributed by atoms with Crippen molar-refractivity contribution in [2.45, 2.75) is 25.4 Å². The quantitative estimate of drug-likeness (QED) is 0.738. The molecule has 0 aliphatic carbocycles. The highest BCUT2D eigenvalue weighted by atomic mass is 32.1. The number of piperidine rings is 1. The van der Waals surface area contributed by atoms with Crippen LogP contribution in [-0.4, -0.2) is 44.9 Å². The van der Waals surface area contributed by atoms with Gasteiger partial charge in [-0.1, -0.05) is 30.3 Å². The molecule has 6 nitrogen and oxygen atoms in total. The lowest BCUT2D eigenvalue weighted by molar-refractivity contribution is 0.0904. The summed E-state index contributed by atoms with van der Waals surface area (Å²) in [6.45, 7) is 2.94. The van der Waals surface area contributed by atoms with Crippen molar-refractivity contribution in [3.8, 4) is 10.7 Å². The largest absolute Gasteiger partial charge is 0.348 e. The maximum Gasteiger partial charge on any atom is 0.270 e. The van der Waals surface area contributed by atoms with E-state index in [2.05, 4.69) is 49.4 Å². The van der Waals surface area contributed by atoms with E-state index in [4.69, 9.17) is 0 Å². The standard InChI is InChI=1S/C20H21N5OS/c26-19(18-14-27-20(24-18)17-12-21-8-9-22-17)23-16-6-10-25(11-7-16)13-15-4-2-1-3-5-15/h1-5,8-9,12,14,16H,6-7,10-11,13H2,(H,23,26). The zero-order chi connectivity index (χ0) is 18.5. The third kappa shape index (κ3) is 4.56. The second-order valence-corrected chi connectivity index (χ2v) is 7.50. The summed E-state index contributed by atoms with van der Waals surface area (Å²) in [7, 11) is 0. The third-order valence-electron chi connectivity index (χ3n) is 4.69. The summed E-state index contributed by atoms with van der Waals surface area (Å²) in [6, 6.07) is 10.7. The van der Waals surface area contributed by atoms with Gasteiger partial charge in [-0.3, -0.25) is 19.7 Å². The van der Waals surface area contributed by atoms with Crippen molar-refractivity contribution >= 4 is 17.2 Å². The van der Waals surface area contributed by atoms with Gasteiger partial charge in [0, 0.05) is 43.4 Å². The number of hydrogen-bond donors (Lipinski definition) is 1. The lowest BCUT2D eigenvalue weighted by Gasteiger charge is -2.32. The molecule has 138 valence electrons. The molecule has 1 aliphatic heterocycles. The summed E-state index contributed by atoms with van der Waals surface area (Å²) < 4.78 is 0. The molecule has 3 heterocycles. The first-order chi connectivity index (χ1) is 13.3. The minimum Gasteiger partial charge on any atom is -0.348 e. The average Bonchev–Trinajstić information content (AvgIpc) is 3.21. The monoisotopic (exact) mass is 379 g/mol. The molecule has 0 saturated carbocycles. The Hall–Kier alpha value is -2.64. The molecule has 0 spiro atoms. The van der Waals surface area contributed by atoms with E-state index in [0.717, 1.165) is 32.5 Å². The SMILES string of the molecule is O=C(NC1CCN(Cc2ccccc2)CC1)c1csc(-c2cnccn2)n1. The number of likely N-dealkylation sites (tertiary alicyclic amines) is 1. The van der Waals surface area contributed by atoms with Crippen LogP contribution in [0.4, 0.5) is 0 Å². The van der Waals surface area contributed by atoms with Crippen molar-refractivity contribution in [3.63, 3.8) is 0 Å². The number of carbonyl (C=O) groups excluding carboxylic acids is 1. The number of benzene rings is 1. The molecule has 0 atom stereocenters. The molecule has 7 heteroatoms. The fraction of sp³-hybridized carbons (Fsp3) is 0.300. The van der Waals surface area contributed by atoms with Crippen molar-refractivity contribution in [1.29, 1.82) is 0 Å². The Morgan fingerprint density at radius 1 is 1.19 bits per heavy atom. The molecule has 1 aromatic carbocycles. The van der Waals surface area contributed by atoms with Crippen LogP contribution in [0.3, 0.4) is 0 Å². The zero-order valence-electron chi connectivity index (χ0n) is 14.9. The normalized spacial score (nSPS) is 15.6. The first-order valence-electron chi connectivity index (χ1n) is 9.07. The van der Waals surface area contributed by atoms with E-state index >= 15 is 0 Å². The van der Waals surface area contributed by atoms with E-state index in [1.807, 2.05) is 6.07 Å². The molecule has 1 aliphatic rings. The van der Waals surface area contributed by atoms with E-state index in [1.165, 1.54) is 16.9 Å². The summed E-state index contributed by atoms with van der Waals surface area (Å²) in [4.78, 5) is 27.6. The zero-order valence-corrected chi connectivity index (χ0v) is 15.7. The van der Waals surface area contributed by atoms with Crippen LogP contribution in [0.1, 0.15) is 28.9 Å². The van der Waals surface area contributed by atoms with Gasteiger partial charge in [-0.25, -0.2) is 4.98 Å². The molecule has 1 N–H and O–H groups in total. The predicted molar refractivity (Wildman–Crippen MR) is 105 cm³/mol. The second-order valence-electron chi connectivity index (χ2n) is 6.64. The Kier molecular flexibility index (Phi) is 5.50. The van der Waals surface area contributed by atoms with Gasteiger partial charge in [-0.15, -0.1) is 11.3 Å². The van der Waals surface area contributed by atoms with E-state index < -0.39 is 0 Å². The van der Waals surface area contributed by atoms with Crippen molar-refractivity contribution in [3.05, 3.63) is 65.6 Å². The molecule has 0 bridgehead atoms. The lowest BCUT2D eigenvalue weighted by atomic mass is 10.0. The average molecular weight is 379 g/mol. The predicted octanol–water partition coefficient (Wildman–Crippen LogP) is 2.99. The number of hydrogen-bond acceptors (Lipinski definition) is 6. The molecule has 27 heavy (non-hydrogen) atoms. The summed E-state index contributed by atoms with van der Waals surface area (Å²) >= 11 is 1.41. The van der Waals surface area contributed by atoms with Gasteiger partial charge in [-0.05, 0) is 18.4 Å². The highest BCUT2D eigenvalue weighted by molar-refractivity contribution is 7.13. The number of aromatic nitrogens is 3. The summed E-state index contributed by atoms with van der Waals surface area (Å²) in [5, 5.41) is 5.62. The van der Waals surface area contributed by atoms with Crippen LogP contribution >= 0.6 is 11.3 Å². The van der Waals surface area contributed by atoms with Gasteiger partial charge in [0.25, 0.3) is 5.91 Å². The van der Waals surface area contributed by atoms with Gasteiger partial charge in [0.1, 0.15) is 16.4 Å². The molecule has 2 aromatic heterocycles. The number of nitrogens with zero attached hydrogens (tertiary/aromatic N) is 4. The molecule has 4 rings (SSSR count). The summed E-state index contributed by atoms with van der Waals surface area (Å²) in [5.41, 5.74) is 2.47. The van der Waals surface area contributed by atoms with E-state index in [-0.39, 0.29) is 11.9 Å². The van der Waals surface area contributed by atoms with Crippen LogP contribution in [0.25, 0.3) is 10.7 Å². The molecule has 0 unspecified atom stereocenters. The van der Waals surface area contributed by atoms with Crippen LogP contribution in [-0.2, 0) is 6.54 Å². The summed E-state index contributed by atoms with van der Waals surface area (Å²) in [6.07, 6.45) is 6.82. The molecule has 0 radical (unpaired) electrons. The van der Waals surface area contributed by atoms with Crippen LogP contribution in [0, 0.1) is 0 Å². The van der Waals surface area contributed by atoms with Gasteiger partial charge < -0.3 is 5.32 Å². The Balaban J connectivity index is 1.29. The first-order valence-corrected chi connectivity index (χ1v) is 9.95. The minimum atomic E-state index is -0.108. The van der Waals surface area contributed by atoms with E-state index in [1.54, 1.807) is 24.0 Å². The van der Waals surface area contributed by atoms with Gasteiger partial charge in [0.15, 0.2) is 0 Å². The number of carbonyl (C=O) groups is 1. The van der Waals surface area contributed by atoms with Crippen molar-refractivity contribution < 1.29 is 4.79 Å². The Morgan fingerprint density at radius 3 is 2.74 bits per heavy atom. The second kappa shape index (κ2) is 8.37. The van der Waals surface area contributed by atoms with Crippen LogP contribution < -0.4 is 5.32 Å². The Labute approximate surface area is 162 Å². The van der Waals surface area contributed by atoms with Crippen molar-refractivity contribution in [1.82, 2.24) is 25.2 Å². The number of rotatable bonds is 5. The maximum atomic E-state index is 12.5. The number of thiazole rings is 1. The maximum absolute atomic E-state index is 12.5. The fourth-order valence-corrected chi connectivity index (χ4v) is 4.00. The molecular weight excluding hydrogens is 358 g/mol. The third-order valence-corrected chi connectivity index (χ3v) is 5.56. The molecule has 1 amide bonds. The molecular formula is C20H21N5OS. The Morgan fingerprint density at radius 2 is 2.00 bits per heavy atom. The highest BCUT2D eigenvalue weighted by Crippen LogP contribution is 2.21. The van der Waals surface area contributed by atoms with Gasteiger partial charge in [0.2, 0.25) is 0 Å². The van der Waals surface area contributed by atoms with Crippen LogP contribution in [0.2, 0.25) is 0 Å². The van der Waals surface area contributed by atoms with Crippen molar-refractivity contribution in [2.24, 2.45) is 0 Å². The van der Waals surface area contributed by atoms with Crippen LogP contribution in [0.15, 0.2) is 54.3 Å². The van der Waals surface area contributed by atoms with E-state index in [9.17, 15) is 4.79 Å². The number of nitrogens with one attached hydrogen (secondary N) is 1. The van der Waals surface area contributed by atoms with E-state index in [0.29, 0.717) is 16.4 Å². The topological polar surface area (TPSA) is 71.0 Å². The highest BCUT2D eigenvalue weighted by Gasteiger charge is 2.22. The molecule has 1 saturated heterocycles. The minimum absolute atomic E-state index is 0.108. The fourth-order valence-electron chi connectivity index (χ4n) is 3.24.